The maximum absolute atomic E-state index is 9.64. The van der Waals surface area contributed by atoms with Crippen LogP contribution in [0.15, 0.2) is 12.2 Å². The van der Waals surface area contributed by atoms with E-state index >= 15 is 0 Å². The third-order valence-electron chi connectivity index (χ3n) is 3.97. The van der Waals surface area contributed by atoms with Gasteiger partial charge in [-0.05, 0) is 42.9 Å². The molecule has 3 aliphatic rings. The zero-order chi connectivity index (χ0) is 7.42. The van der Waals surface area contributed by atoms with E-state index in [0.717, 1.165) is 24.2 Å². The van der Waals surface area contributed by atoms with E-state index in [4.69, 9.17) is 0 Å². The van der Waals surface area contributed by atoms with Gasteiger partial charge in [0.1, 0.15) is 0 Å². The molecular formula is C10H14O. The smallest absolute Gasteiger partial charge is 0.0574 e. The van der Waals surface area contributed by atoms with Crippen LogP contribution in [0.5, 0.6) is 0 Å². The first kappa shape index (κ1) is 6.24. The van der Waals surface area contributed by atoms with Crippen molar-refractivity contribution in [1.29, 1.82) is 0 Å². The van der Waals surface area contributed by atoms with E-state index in [0.29, 0.717) is 5.92 Å². The highest BCUT2D eigenvalue weighted by atomic mass is 16.3. The van der Waals surface area contributed by atoms with Crippen LogP contribution in [0.2, 0.25) is 0 Å². The number of aliphatic hydroxyl groups is 1. The quantitative estimate of drug-likeness (QED) is 0.520. The van der Waals surface area contributed by atoms with Crippen LogP contribution in [-0.4, -0.2) is 11.2 Å². The van der Waals surface area contributed by atoms with E-state index in [2.05, 4.69) is 12.2 Å². The summed E-state index contributed by atoms with van der Waals surface area (Å²) in [5.74, 6) is 3.16. The Labute approximate surface area is 67.1 Å². The first-order valence-electron chi connectivity index (χ1n) is 4.71. The Bertz CT molecular complexity index is 209. The average Bonchev–Trinajstić information content (AvgIpc) is 2.52. The molecule has 0 aromatic carbocycles. The van der Waals surface area contributed by atoms with Crippen molar-refractivity contribution in [2.45, 2.75) is 25.4 Å². The predicted octanol–water partition coefficient (Wildman–Crippen LogP) is 1.58. The summed E-state index contributed by atoms with van der Waals surface area (Å²) in [6.07, 6.45) is 8.37. The van der Waals surface area contributed by atoms with Gasteiger partial charge in [-0.2, -0.15) is 0 Å². The van der Waals surface area contributed by atoms with Gasteiger partial charge in [0.2, 0.25) is 0 Å². The summed E-state index contributed by atoms with van der Waals surface area (Å²) in [5.41, 5.74) is 0. The fourth-order valence-corrected chi connectivity index (χ4v) is 3.52. The minimum absolute atomic E-state index is 0.0427. The molecule has 3 rings (SSSR count). The number of fused-ring (bicyclic) bond motifs is 5. The summed E-state index contributed by atoms with van der Waals surface area (Å²) < 4.78 is 0. The molecule has 0 amide bonds. The number of hydrogen-bond donors (Lipinski definition) is 1. The van der Waals surface area contributed by atoms with Crippen LogP contribution in [0.25, 0.3) is 0 Å². The van der Waals surface area contributed by atoms with E-state index in [1.165, 1.54) is 12.8 Å². The number of hydrogen-bond acceptors (Lipinski definition) is 1. The lowest BCUT2D eigenvalue weighted by Crippen LogP contribution is -2.27. The van der Waals surface area contributed by atoms with Crippen molar-refractivity contribution in [1.82, 2.24) is 0 Å². The summed E-state index contributed by atoms with van der Waals surface area (Å²) in [7, 11) is 0. The number of aliphatic hydroxyl groups excluding tert-OH is 1. The van der Waals surface area contributed by atoms with Crippen molar-refractivity contribution in [2.24, 2.45) is 23.7 Å². The summed E-state index contributed by atoms with van der Waals surface area (Å²) in [4.78, 5) is 0. The SMILES string of the molecule is O[C@@H]1C[C@H]2C[C@H]1[C@@H]1CC=C[C@H]21. The van der Waals surface area contributed by atoms with Gasteiger partial charge in [0, 0.05) is 0 Å². The fourth-order valence-electron chi connectivity index (χ4n) is 3.52. The maximum atomic E-state index is 9.64. The molecule has 0 aromatic rings. The molecule has 0 radical (unpaired) electrons. The largest absolute Gasteiger partial charge is 0.393 e. The van der Waals surface area contributed by atoms with Crippen molar-refractivity contribution in [2.75, 3.05) is 0 Å². The lowest BCUT2D eigenvalue weighted by molar-refractivity contribution is 0.0697. The van der Waals surface area contributed by atoms with Crippen molar-refractivity contribution < 1.29 is 5.11 Å². The zero-order valence-corrected chi connectivity index (χ0v) is 6.61. The fraction of sp³-hybridized carbons (Fsp3) is 0.800. The molecule has 1 heteroatoms. The summed E-state index contributed by atoms with van der Waals surface area (Å²) >= 11 is 0. The molecule has 5 atom stereocenters. The van der Waals surface area contributed by atoms with E-state index < -0.39 is 0 Å². The molecule has 60 valence electrons. The Morgan fingerprint density at radius 2 is 2.09 bits per heavy atom. The molecule has 0 aliphatic heterocycles. The second-order valence-corrected chi connectivity index (χ2v) is 4.37. The normalized spacial score (nSPS) is 58.8. The molecule has 1 nitrogen and oxygen atoms in total. The second-order valence-electron chi connectivity index (χ2n) is 4.37. The Kier molecular flexibility index (Phi) is 1.07. The van der Waals surface area contributed by atoms with Crippen LogP contribution in [0.1, 0.15) is 19.3 Å². The van der Waals surface area contributed by atoms with Crippen LogP contribution in [0.3, 0.4) is 0 Å². The monoisotopic (exact) mass is 150 g/mol. The van der Waals surface area contributed by atoms with Crippen molar-refractivity contribution in [3.8, 4) is 0 Å². The van der Waals surface area contributed by atoms with Gasteiger partial charge < -0.3 is 5.11 Å². The van der Waals surface area contributed by atoms with Gasteiger partial charge in [-0.25, -0.2) is 0 Å². The molecule has 2 fully saturated rings. The van der Waals surface area contributed by atoms with Crippen LogP contribution >= 0.6 is 0 Å². The number of rotatable bonds is 0. The van der Waals surface area contributed by atoms with Crippen molar-refractivity contribution in [3.05, 3.63) is 12.2 Å². The van der Waals surface area contributed by atoms with E-state index in [-0.39, 0.29) is 6.10 Å². The van der Waals surface area contributed by atoms with Crippen LogP contribution in [0, 0.1) is 23.7 Å². The van der Waals surface area contributed by atoms with Gasteiger partial charge in [0.25, 0.3) is 0 Å². The Morgan fingerprint density at radius 1 is 1.18 bits per heavy atom. The Morgan fingerprint density at radius 3 is 3.00 bits per heavy atom. The minimum Gasteiger partial charge on any atom is -0.393 e. The predicted molar refractivity (Wildman–Crippen MR) is 43.0 cm³/mol. The first-order valence-corrected chi connectivity index (χ1v) is 4.71. The summed E-state index contributed by atoms with van der Waals surface area (Å²) in [6, 6.07) is 0. The van der Waals surface area contributed by atoms with Gasteiger partial charge in [0.05, 0.1) is 6.10 Å². The molecule has 3 aliphatic carbocycles. The average molecular weight is 150 g/mol. The molecule has 11 heavy (non-hydrogen) atoms. The second kappa shape index (κ2) is 1.89. The highest BCUT2D eigenvalue weighted by molar-refractivity contribution is 5.14. The van der Waals surface area contributed by atoms with Crippen molar-refractivity contribution >= 4 is 0 Å². The van der Waals surface area contributed by atoms with E-state index in [1.54, 1.807) is 0 Å². The molecule has 0 heterocycles. The van der Waals surface area contributed by atoms with Crippen LogP contribution in [0.4, 0.5) is 0 Å². The van der Waals surface area contributed by atoms with Gasteiger partial charge in [-0.15, -0.1) is 0 Å². The van der Waals surface area contributed by atoms with Crippen molar-refractivity contribution in [3.63, 3.8) is 0 Å². The Hall–Kier alpha value is -0.300. The molecule has 0 saturated heterocycles. The first-order chi connectivity index (χ1) is 5.36. The van der Waals surface area contributed by atoms with Crippen LogP contribution < -0.4 is 0 Å². The molecule has 2 bridgehead atoms. The van der Waals surface area contributed by atoms with E-state index in [1.807, 2.05) is 0 Å². The summed E-state index contributed by atoms with van der Waals surface area (Å²) in [6.45, 7) is 0. The lowest BCUT2D eigenvalue weighted by atomic mass is 9.80. The van der Waals surface area contributed by atoms with Crippen LogP contribution in [-0.2, 0) is 0 Å². The molecule has 0 spiro atoms. The highest BCUT2D eigenvalue weighted by Gasteiger charge is 2.51. The zero-order valence-electron chi connectivity index (χ0n) is 6.61. The number of allylic oxidation sites excluding steroid dienone is 2. The standard InChI is InChI=1S/C10H14O/c11-10-5-6-4-9(10)8-3-1-2-7(6)8/h1-2,6-11H,3-5H2/t6-,7-,8-,9+,10-/m1/s1. The third kappa shape index (κ3) is 0.652. The molecule has 1 N–H and O–H groups in total. The summed E-state index contributed by atoms with van der Waals surface area (Å²) in [5, 5.41) is 9.64. The maximum Gasteiger partial charge on any atom is 0.0574 e. The topological polar surface area (TPSA) is 20.2 Å². The molecular weight excluding hydrogens is 136 g/mol. The molecule has 0 unspecified atom stereocenters. The molecule has 2 saturated carbocycles. The lowest BCUT2D eigenvalue weighted by Gasteiger charge is -2.27. The van der Waals surface area contributed by atoms with Gasteiger partial charge in [0.15, 0.2) is 0 Å². The van der Waals surface area contributed by atoms with Gasteiger partial charge >= 0.3 is 0 Å². The Balaban J connectivity index is 1.94. The highest BCUT2D eigenvalue weighted by Crippen LogP contribution is 2.56. The molecule has 0 aromatic heterocycles. The van der Waals surface area contributed by atoms with Gasteiger partial charge in [-0.1, -0.05) is 12.2 Å². The van der Waals surface area contributed by atoms with Gasteiger partial charge in [-0.3, -0.25) is 0 Å². The minimum atomic E-state index is 0.0427. The third-order valence-corrected chi connectivity index (χ3v) is 3.97. The van der Waals surface area contributed by atoms with E-state index in [9.17, 15) is 5.11 Å².